The van der Waals surface area contributed by atoms with Crippen molar-refractivity contribution in [2.75, 3.05) is 19.6 Å². The van der Waals surface area contributed by atoms with E-state index in [2.05, 4.69) is 18.7 Å². The molecule has 4 heteroatoms. The molecule has 114 valence electrons. The fraction of sp³-hybridized carbons (Fsp3) is 0.625. The van der Waals surface area contributed by atoms with E-state index in [4.69, 9.17) is 11.6 Å². The summed E-state index contributed by atoms with van der Waals surface area (Å²) in [7, 11) is 0. The van der Waals surface area contributed by atoms with Crippen molar-refractivity contribution in [3.63, 3.8) is 0 Å². The lowest BCUT2D eigenvalue weighted by atomic mass is 10.1. The largest absolute Gasteiger partial charge is 0.302 e. The van der Waals surface area contributed by atoms with E-state index in [1.807, 2.05) is 0 Å². The Morgan fingerprint density at radius 3 is 2.25 bits per heavy atom. The Morgan fingerprint density at radius 2 is 1.70 bits per heavy atom. The standard InChI is InChI=1S/C16H24ClF2N/c1-3-5-9-20(10-6-4-2)12-15(17)14-11-13(18)7-8-16(14)19/h7-8,11,15H,3-6,9-10,12H2,1-2H3. The van der Waals surface area contributed by atoms with Gasteiger partial charge in [-0.25, -0.2) is 8.78 Å². The molecular formula is C16H24ClF2N. The molecule has 0 saturated carbocycles. The van der Waals surface area contributed by atoms with Crippen molar-refractivity contribution in [1.82, 2.24) is 4.90 Å². The minimum Gasteiger partial charge on any atom is -0.302 e. The van der Waals surface area contributed by atoms with E-state index in [1.54, 1.807) is 0 Å². The summed E-state index contributed by atoms with van der Waals surface area (Å²) in [5, 5.41) is -0.514. The third-order valence-corrected chi connectivity index (χ3v) is 3.74. The summed E-state index contributed by atoms with van der Waals surface area (Å²) in [5.74, 6) is -0.877. The molecule has 0 fully saturated rings. The van der Waals surface area contributed by atoms with Gasteiger partial charge in [0.25, 0.3) is 0 Å². The molecule has 1 atom stereocenters. The fourth-order valence-electron chi connectivity index (χ4n) is 2.14. The minimum atomic E-state index is -0.514. The van der Waals surface area contributed by atoms with Crippen LogP contribution in [0, 0.1) is 11.6 Å². The average Bonchev–Trinajstić information content (AvgIpc) is 2.44. The highest BCUT2D eigenvalue weighted by molar-refractivity contribution is 6.21. The van der Waals surface area contributed by atoms with Crippen LogP contribution in [0.15, 0.2) is 18.2 Å². The summed E-state index contributed by atoms with van der Waals surface area (Å²) in [6.45, 7) is 6.75. The third-order valence-electron chi connectivity index (χ3n) is 3.37. The zero-order valence-corrected chi connectivity index (χ0v) is 13.1. The van der Waals surface area contributed by atoms with Crippen LogP contribution >= 0.6 is 11.6 Å². The highest BCUT2D eigenvalue weighted by Gasteiger charge is 2.17. The normalized spacial score (nSPS) is 12.9. The number of hydrogen-bond acceptors (Lipinski definition) is 1. The Hall–Kier alpha value is -0.670. The number of benzene rings is 1. The Bertz CT molecular complexity index is 390. The van der Waals surface area contributed by atoms with Gasteiger partial charge in [0.05, 0.1) is 5.38 Å². The van der Waals surface area contributed by atoms with Crippen molar-refractivity contribution in [2.24, 2.45) is 0 Å². The molecule has 0 bridgehead atoms. The van der Waals surface area contributed by atoms with Crippen molar-refractivity contribution in [3.05, 3.63) is 35.4 Å². The molecule has 0 spiro atoms. The second kappa shape index (κ2) is 9.30. The van der Waals surface area contributed by atoms with Crippen LogP contribution < -0.4 is 0 Å². The third kappa shape index (κ3) is 5.76. The predicted molar refractivity (Wildman–Crippen MR) is 81.2 cm³/mol. The molecular weight excluding hydrogens is 280 g/mol. The van der Waals surface area contributed by atoms with Crippen molar-refractivity contribution in [1.29, 1.82) is 0 Å². The van der Waals surface area contributed by atoms with Crippen LogP contribution in [0.25, 0.3) is 0 Å². The first-order valence-electron chi connectivity index (χ1n) is 7.39. The maximum absolute atomic E-state index is 13.7. The molecule has 1 aromatic rings. The van der Waals surface area contributed by atoms with E-state index in [-0.39, 0.29) is 5.56 Å². The quantitative estimate of drug-likeness (QED) is 0.570. The molecule has 1 unspecified atom stereocenters. The van der Waals surface area contributed by atoms with Crippen molar-refractivity contribution < 1.29 is 8.78 Å². The zero-order chi connectivity index (χ0) is 15.0. The first-order chi connectivity index (χ1) is 9.58. The monoisotopic (exact) mass is 303 g/mol. The van der Waals surface area contributed by atoms with Crippen LogP contribution in [0.4, 0.5) is 8.78 Å². The highest BCUT2D eigenvalue weighted by Crippen LogP contribution is 2.25. The summed E-state index contributed by atoms with van der Waals surface area (Å²) in [6.07, 6.45) is 4.42. The lowest BCUT2D eigenvalue weighted by molar-refractivity contribution is 0.264. The SMILES string of the molecule is CCCCN(CCCC)CC(Cl)c1cc(F)ccc1F. The Kier molecular flexibility index (Phi) is 8.08. The van der Waals surface area contributed by atoms with E-state index < -0.39 is 17.0 Å². The molecule has 0 N–H and O–H groups in total. The molecule has 0 aliphatic rings. The Balaban J connectivity index is 2.67. The van der Waals surface area contributed by atoms with Gasteiger partial charge < -0.3 is 4.90 Å². The van der Waals surface area contributed by atoms with Crippen LogP contribution in [0.2, 0.25) is 0 Å². The number of rotatable bonds is 9. The molecule has 0 aromatic heterocycles. The molecule has 0 saturated heterocycles. The Morgan fingerprint density at radius 1 is 1.10 bits per heavy atom. The van der Waals surface area contributed by atoms with Gasteiger partial charge in [0.2, 0.25) is 0 Å². The molecule has 0 heterocycles. The summed E-state index contributed by atoms with van der Waals surface area (Å²) in [5.41, 5.74) is 0.254. The summed E-state index contributed by atoms with van der Waals surface area (Å²) < 4.78 is 26.9. The zero-order valence-electron chi connectivity index (χ0n) is 12.3. The van der Waals surface area contributed by atoms with E-state index >= 15 is 0 Å². The first kappa shape index (κ1) is 17.4. The number of halogens is 3. The number of unbranched alkanes of at least 4 members (excludes halogenated alkanes) is 2. The van der Waals surface area contributed by atoms with Gasteiger partial charge in [-0.1, -0.05) is 26.7 Å². The Labute approximate surface area is 125 Å². The maximum atomic E-state index is 13.7. The molecule has 0 aliphatic heterocycles. The van der Waals surface area contributed by atoms with Gasteiger partial charge >= 0.3 is 0 Å². The molecule has 0 aliphatic carbocycles. The maximum Gasteiger partial charge on any atom is 0.128 e. The van der Waals surface area contributed by atoms with Crippen molar-refractivity contribution in [3.8, 4) is 0 Å². The van der Waals surface area contributed by atoms with Crippen LogP contribution in [-0.2, 0) is 0 Å². The first-order valence-corrected chi connectivity index (χ1v) is 7.83. The smallest absolute Gasteiger partial charge is 0.128 e. The van der Waals surface area contributed by atoms with Gasteiger partial charge in [-0.05, 0) is 44.1 Å². The van der Waals surface area contributed by atoms with Crippen LogP contribution in [0.5, 0.6) is 0 Å². The predicted octanol–water partition coefficient (Wildman–Crippen LogP) is 5.15. The van der Waals surface area contributed by atoms with E-state index in [1.165, 1.54) is 6.07 Å². The summed E-state index contributed by atoms with van der Waals surface area (Å²) in [4.78, 5) is 2.25. The van der Waals surface area contributed by atoms with E-state index in [0.717, 1.165) is 50.9 Å². The molecule has 1 aromatic carbocycles. The second-order valence-corrected chi connectivity index (χ2v) is 5.67. The van der Waals surface area contributed by atoms with Gasteiger partial charge in [-0.3, -0.25) is 0 Å². The summed E-state index contributed by atoms with van der Waals surface area (Å²) >= 11 is 6.29. The van der Waals surface area contributed by atoms with Crippen LogP contribution in [0.3, 0.4) is 0 Å². The van der Waals surface area contributed by atoms with Crippen molar-refractivity contribution >= 4 is 11.6 Å². The van der Waals surface area contributed by atoms with Gasteiger partial charge in [0, 0.05) is 12.1 Å². The number of alkyl halides is 1. The number of nitrogens with zero attached hydrogens (tertiary/aromatic N) is 1. The second-order valence-electron chi connectivity index (χ2n) is 5.14. The minimum absolute atomic E-state index is 0.254. The highest BCUT2D eigenvalue weighted by atomic mass is 35.5. The van der Waals surface area contributed by atoms with Gasteiger partial charge in [-0.2, -0.15) is 0 Å². The summed E-state index contributed by atoms with van der Waals surface area (Å²) in [6, 6.07) is 3.46. The average molecular weight is 304 g/mol. The topological polar surface area (TPSA) is 3.24 Å². The molecule has 0 amide bonds. The van der Waals surface area contributed by atoms with Crippen LogP contribution in [0.1, 0.15) is 50.5 Å². The van der Waals surface area contributed by atoms with E-state index in [9.17, 15) is 8.78 Å². The molecule has 20 heavy (non-hydrogen) atoms. The number of hydrogen-bond donors (Lipinski definition) is 0. The molecule has 1 rings (SSSR count). The van der Waals surface area contributed by atoms with Gasteiger partial charge in [0.15, 0.2) is 0 Å². The van der Waals surface area contributed by atoms with Gasteiger partial charge in [0.1, 0.15) is 11.6 Å². The fourth-order valence-corrected chi connectivity index (χ4v) is 2.50. The van der Waals surface area contributed by atoms with E-state index in [0.29, 0.717) is 6.54 Å². The van der Waals surface area contributed by atoms with Crippen LogP contribution in [-0.4, -0.2) is 24.5 Å². The van der Waals surface area contributed by atoms with Gasteiger partial charge in [-0.15, -0.1) is 11.6 Å². The molecule has 1 nitrogen and oxygen atoms in total. The molecule has 0 radical (unpaired) electrons. The van der Waals surface area contributed by atoms with Crippen molar-refractivity contribution in [2.45, 2.75) is 44.9 Å². The lowest BCUT2D eigenvalue weighted by Crippen LogP contribution is -2.29. The lowest BCUT2D eigenvalue weighted by Gasteiger charge is -2.25.